The van der Waals surface area contributed by atoms with Crippen molar-refractivity contribution in [3.8, 4) is 0 Å². The fourth-order valence-corrected chi connectivity index (χ4v) is 7.96. The molecule has 0 atom stereocenters. The number of carbonyl (C=O) groups excluding carboxylic acids is 3. The Hall–Kier alpha value is -1.67. The highest BCUT2D eigenvalue weighted by atomic mass is 16.5. The van der Waals surface area contributed by atoms with Crippen LogP contribution < -0.4 is 0 Å². The zero-order valence-corrected chi connectivity index (χ0v) is 37.2. The van der Waals surface area contributed by atoms with Gasteiger partial charge in [0.2, 0.25) is 0 Å². The zero-order valence-electron chi connectivity index (χ0n) is 37.2. The van der Waals surface area contributed by atoms with Crippen LogP contribution in [-0.2, 0) is 28.6 Å². The first-order valence-electron chi connectivity index (χ1n) is 24.2. The van der Waals surface area contributed by atoms with E-state index >= 15 is 0 Å². The number of carbonyl (C=O) groups is 3. The number of aliphatic hydroxyl groups is 1. The molecule has 1 heterocycles. The average Bonchev–Trinajstić information content (AvgIpc) is 3.19. The van der Waals surface area contributed by atoms with Gasteiger partial charge < -0.3 is 24.2 Å². The Balaban J connectivity index is 2.25. The molecule has 0 saturated carbocycles. The quantitative estimate of drug-likeness (QED) is 0.0372. The van der Waals surface area contributed by atoms with E-state index in [-0.39, 0.29) is 23.8 Å². The van der Waals surface area contributed by atoms with Gasteiger partial charge in [-0.2, -0.15) is 0 Å². The number of ether oxygens (including phenoxy) is 3. The second-order valence-electron chi connectivity index (χ2n) is 17.4. The van der Waals surface area contributed by atoms with Gasteiger partial charge in [-0.15, -0.1) is 0 Å². The van der Waals surface area contributed by atoms with Crippen LogP contribution >= 0.6 is 0 Å². The van der Waals surface area contributed by atoms with Gasteiger partial charge in [-0.05, 0) is 90.8 Å². The predicted octanol–water partition coefficient (Wildman–Crippen LogP) is 12.6. The first-order chi connectivity index (χ1) is 27.3. The molecule has 0 aromatic heterocycles. The minimum Gasteiger partial charge on any atom is -0.466 e. The second-order valence-corrected chi connectivity index (χ2v) is 17.4. The SMILES string of the molecule is CCCCCCCCCCCC(=O)OCCCCCCC(O)(CCCCCCOC(=O)CCCCCCCCCCC)CCCCOC(=O)C1CCN(C)CC1. The summed E-state index contributed by atoms with van der Waals surface area (Å²) >= 11 is 0. The van der Waals surface area contributed by atoms with Crippen molar-refractivity contribution in [1.29, 1.82) is 0 Å². The van der Waals surface area contributed by atoms with Crippen LogP contribution in [-0.4, -0.2) is 73.5 Å². The van der Waals surface area contributed by atoms with Gasteiger partial charge >= 0.3 is 17.9 Å². The lowest BCUT2D eigenvalue weighted by atomic mass is 9.85. The van der Waals surface area contributed by atoms with Crippen LogP contribution in [0.1, 0.15) is 239 Å². The Morgan fingerprint density at radius 2 is 0.804 bits per heavy atom. The van der Waals surface area contributed by atoms with E-state index in [0.717, 1.165) is 129 Å². The third-order valence-electron chi connectivity index (χ3n) is 11.9. The smallest absolute Gasteiger partial charge is 0.309 e. The van der Waals surface area contributed by atoms with Gasteiger partial charge in [0, 0.05) is 12.8 Å². The summed E-state index contributed by atoms with van der Waals surface area (Å²) in [6.45, 7) is 7.80. The highest BCUT2D eigenvalue weighted by molar-refractivity contribution is 5.72. The lowest BCUT2D eigenvalue weighted by molar-refractivity contribution is -0.150. The molecule has 0 amide bonds. The van der Waals surface area contributed by atoms with Crippen LogP contribution in [0.3, 0.4) is 0 Å². The Morgan fingerprint density at radius 1 is 0.482 bits per heavy atom. The molecule has 56 heavy (non-hydrogen) atoms. The minimum absolute atomic E-state index is 0.0228. The molecule has 0 bridgehead atoms. The van der Waals surface area contributed by atoms with Gasteiger partial charge in [0.15, 0.2) is 0 Å². The second kappa shape index (κ2) is 37.6. The average molecular weight is 794 g/mol. The van der Waals surface area contributed by atoms with Gasteiger partial charge in [0.05, 0.1) is 31.3 Å². The van der Waals surface area contributed by atoms with Crippen LogP contribution in [0.5, 0.6) is 0 Å². The van der Waals surface area contributed by atoms with Crippen molar-refractivity contribution in [3.63, 3.8) is 0 Å². The fraction of sp³-hybridized carbons (Fsp3) is 0.938. The van der Waals surface area contributed by atoms with E-state index in [1.54, 1.807) is 0 Å². The van der Waals surface area contributed by atoms with Crippen molar-refractivity contribution in [2.45, 2.75) is 244 Å². The maximum Gasteiger partial charge on any atom is 0.309 e. The van der Waals surface area contributed by atoms with E-state index in [0.29, 0.717) is 39.1 Å². The third kappa shape index (κ3) is 32.3. The lowest BCUT2D eigenvalue weighted by Gasteiger charge is -2.29. The fourth-order valence-electron chi connectivity index (χ4n) is 7.96. The summed E-state index contributed by atoms with van der Waals surface area (Å²) in [5.74, 6) is -0.162. The van der Waals surface area contributed by atoms with Crippen molar-refractivity contribution in [2.75, 3.05) is 40.0 Å². The van der Waals surface area contributed by atoms with Crippen LogP contribution in [0.2, 0.25) is 0 Å². The molecule has 330 valence electrons. The van der Waals surface area contributed by atoms with Crippen LogP contribution in [0.25, 0.3) is 0 Å². The number of esters is 3. The van der Waals surface area contributed by atoms with E-state index in [1.807, 2.05) is 0 Å². The van der Waals surface area contributed by atoms with E-state index in [9.17, 15) is 19.5 Å². The van der Waals surface area contributed by atoms with Crippen molar-refractivity contribution >= 4 is 17.9 Å². The summed E-state index contributed by atoms with van der Waals surface area (Å²) in [6.07, 6.45) is 36.7. The molecule has 1 rings (SSSR count). The number of rotatable bonds is 40. The number of piperidine rings is 1. The maximum atomic E-state index is 12.5. The standard InChI is InChI=1S/C48H91NO7/c1-4-6-8-10-12-14-16-18-24-32-45(50)54-41-29-22-20-26-36-48(53,38-28-31-43-56-47(52)44-34-39-49(3)40-35-44)37-27-21-23-30-42-55-46(51)33-25-19-17-15-13-11-9-7-5-2/h44,53H,4-43H2,1-3H3. The molecule has 1 aliphatic rings. The molecule has 1 aliphatic heterocycles. The number of unbranched alkanes of at least 4 members (excludes halogenated alkanes) is 23. The van der Waals surface area contributed by atoms with Crippen molar-refractivity contribution in [2.24, 2.45) is 5.92 Å². The normalized spacial score (nSPS) is 13.9. The highest BCUT2D eigenvalue weighted by Gasteiger charge is 2.27. The summed E-state index contributed by atoms with van der Waals surface area (Å²) < 4.78 is 16.6. The molecular formula is C48H91NO7. The zero-order chi connectivity index (χ0) is 40.8. The maximum absolute atomic E-state index is 12.5. The van der Waals surface area contributed by atoms with Crippen molar-refractivity contribution < 1.29 is 33.7 Å². The van der Waals surface area contributed by atoms with Crippen LogP contribution in [0, 0.1) is 5.92 Å². The summed E-state index contributed by atoms with van der Waals surface area (Å²) in [5.41, 5.74) is -0.720. The number of likely N-dealkylation sites (tertiary alicyclic amines) is 1. The first kappa shape index (κ1) is 52.3. The van der Waals surface area contributed by atoms with Gasteiger partial charge in [-0.25, -0.2) is 0 Å². The third-order valence-corrected chi connectivity index (χ3v) is 11.9. The Kier molecular flexibility index (Phi) is 35.1. The molecule has 8 nitrogen and oxygen atoms in total. The molecule has 0 aromatic rings. The Labute approximate surface area is 345 Å². The van der Waals surface area contributed by atoms with E-state index < -0.39 is 5.60 Å². The molecule has 1 saturated heterocycles. The van der Waals surface area contributed by atoms with Crippen molar-refractivity contribution in [1.82, 2.24) is 4.90 Å². The van der Waals surface area contributed by atoms with Gasteiger partial charge in [-0.1, -0.05) is 155 Å². The molecule has 8 heteroatoms. The molecule has 0 aromatic carbocycles. The van der Waals surface area contributed by atoms with Crippen LogP contribution in [0.4, 0.5) is 0 Å². The van der Waals surface area contributed by atoms with Crippen molar-refractivity contribution in [3.05, 3.63) is 0 Å². The summed E-state index contributed by atoms with van der Waals surface area (Å²) in [7, 11) is 2.09. The molecule has 0 aliphatic carbocycles. The predicted molar refractivity (Wildman–Crippen MR) is 232 cm³/mol. The number of hydrogen-bond acceptors (Lipinski definition) is 8. The van der Waals surface area contributed by atoms with Gasteiger partial charge in [0.1, 0.15) is 0 Å². The van der Waals surface area contributed by atoms with Gasteiger partial charge in [-0.3, -0.25) is 14.4 Å². The molecular weight excluding hydrogens is 703 g/mol. The Bertz CT molecular complexity index is 871. The largest absolute Gasteiger partial charge is 0.466 e. The molecule has 1 N–H and O–H groups in total. The van der Waals surface area contributed by atoms with E-state index in [2.05, 4.69) is 25.8 Å². The van der Waals surface area contributed by atoms with E-state index in [1.165, 1.54) is 89.9 Å². The van der Waals surface area contributed by atoms with Crippen LogP contribution in [0.15, 0.2) is 0 Å². The first-order valence-corrected chi connectivity index (χ1v) is 24.2. The van der Waals surface area contributed by atoms with Gasteiger partial charge in [0.25, 0.3) is 0 Å². The topological polar surface area (TPSA) is 102 Å². The highest BCUT2D eigenvalue weighted by Crippen LogP contribution is 2.29. The summed E-state index contributed by atoms with van der Waals surface area (Å²) in [4.78, 5) is 39.1. The Morgan fingerprint density at radius 3 is 1.23 bits per heavy atom. The molecule has 0 unspecified atom stereocenters. The minimum atomic E-state index is -0.720. The summed E-state index contributed by atoms with van der Waals surface area (Å²) in [6, 6.07) is 0. The summed E-state index contributed by atoms with van der Waals surface area (Å²) in [5, 5.41) is 11.7. The molecule has 1 fully saturated rings. The lowest BCUT2D eigenvalue weighted by Crippen LogP contribution is -2.34. The number of hydrogen-bond donors (Lipinski definition) is 1. The number of nitrogens with zero attached hydrogens (tertiary/aromatic N) is 1. The van der Waals surface area contributed by atoms with E-state index in [4.69, 9.17) is 14.2 Å². The molecule has 0 radical (unpaired) electrons. The monoisotopic (exact) mass is 794 g/mol. The molecule has 0 spiro atoms.